The summed E-state index contributed by atoms with van der Waals surface area (Å²) < 4.78 is 18.8. The molecule has 0 saturated carbocycles. The molecule has 1 amide bonds. The van der Waals surface area contributed by atoms with Crippen LogP contribution in [0.25, 0.3) is 11.3 Å². The largest absolute Gasteiger partial charge is 0.458 e. The van der Waals surface area contributed by atoms with Gasteiger partial charge >= 0.3 is 0 Å². The zero-order chi connectivity index (χ0) is 22.1. The fourth-order valence-electron chi connectivity index (χ4n) is 4.33. The molecule has 1 atom stereocenters. The summed E-state index contributed by atoms with van der Waals surface area (Å²) in [4.78, 5) is 19.5. The van der Waals surface area contributed by atoms with Crippen molar-refractivity contribution >= 4 is 5.91 Å². The predicted molar refractivity (Wildman–Crippen MR) is 122 cm³/mol. The number of rotatable bonds is 5. The van der Waals surface area contributed by atoms with Crippen molar-refractivity contribution in [3.63, 3.8) is 0 Å². The predicted octanol–water partition coefficient (Wildman–Crippen LogP) is 5.69. The second kappa shape index (κ2) is 8.42. The van der Waals surface area contributed by atoms with Gasteiger partial charge in [0.25, 0.3) is 5.91 Å². The second-order valence-corrected chi connectivity index (χ2v) is 8.25. The number of aryl methyl sites for hydroxylation is 1. The van der Waals surface area contributed by atoms with Crippen LogP contribution in [0, 0.1) is 18.7 Å². The number of pyridine rings is 1. The van der Waals surface area contributed by atoms with Gasteiger partial charge in [-0.25, -0.2) is 4.39 Å². The monoisotopic (exact) mass is 426 g/mol. The van der Waals surface area contributed by atoms with E-state index in [1.54, 1.807) is 18.3 Å². The van der Waals surface area contributed by atoms with Crippen molar-refractivity contribution < 1.29 is 13.9 Å². The maximum Gasteiger partial charge on any atom is 0.254 e. The first-order valence-corrected chi connectivity index (χ1v) is 10.7. The van der Waals surface area contributed by atoms with Crippen LogP contribution < -0.4 is 4.74 Å². The SMILES string of the molecule is Cc1cc(-c2ccccn2)cc2c1C(=O)N(CC1C=CC(Oc3ccc(F)cc3)=CC1)C2. The summed E-state index contributed by atoms with van der Waals surface area (Å²) in [6.07, 6.45) is 8.60. The van der Waals surface area contributed by atoms with Crippen molar-refractivity contribution in [1.29, 1.82) is 0 Å². The van der Waals surface area contributed by atoms with Crippen molar-refractivity contribution in [2.24, 2.45) is 5.92 Å². The zero-order valence-electron chi connectivity index (χ0n) is 17.8. The molecule has 5 rings (SSSR count). The molecular formula is C27H23FN2O2. The molecule has 0 fully saturated rings. The third kappa shape index (κ3) is 4.06. The lowest BCUT2D eigenvalue weighted by atomic mass is 9.98. The van der Waals surface area contributed by atoms with Gasteiger partial charge in [-0.3, -0.25) is 9.78 Å². The van der Waals surface area contributed by atoms with Gasteiger partial charge in [0.15, 0.2) is 0 Å². The minimum absolute atomic E-state index is 0.0933. The summed E-state index contributed by atoms with van der Waals surface area (Å²) in [5.41, 5.74) is 4.83. The quantitative estimate of drug-likeness (QED) is 0.526. The lowest BCUT2D eigenvalue weighted by molar-refractivity contribution is 0.0761. The highest BCUT2D eigenvalue weighted by atomic mass is 19.1. The van der Waals surface area contributed by atoms with Crippen LogP contribution in [0.5, 0.6) is 5.75 Å². The topological polar surface area (TPSA) is 42.4 Å². The molecule has 1 aliphatic heterocycles. The first-order valence-electron chi connectivity index (χ1n) is 10.7. The Kier molecular flexibility index (Phi) is 5.31. The van der Waals surface area contributed by atoms with E-state index in [4.69, 9.17) is 4.74 Å². The lowest BCUT2D eigenvalue weighted by Crippen LogP contribution is -2.29. The summed E-state index contributed by atoms with van der Waals surface area (Å²) in [6.45, 7) is 3.26. The number of allylic oxidation sites excluding steroid dienone is 2. The minimum atomic E-state index is -0.288. The Labute approximate surface area is 186 Å². The highest BCUT2D eigenvalue weighted by molar-refractivity contribution is 6.00. The number of amides is 1. The van der Waals surface area contributed by atoms with Crippen LogP contribution in [0.2, 0.25) is 0 Å². The first-order chi connectivity index (χ1) is 15.6. The Bertz CT molecular complexity index is 1220. The Morgan fingerprint density at radius 2 is 2.00 bits per heavy atom. The molecule has 0 saturated heterocycles. The molecule has 32 heavy (non-hydrogen) atoms. The van der Waals surface area contributed by atoms with E-state index in [1.165, 1.54) is 12.1 Å². The smallest absolute Gasteiger partial charge is 0.254 e. The molecule has 0 bridgehead atoms. The third-order valence-corrected chi connectivity index (χ3v) is 5.90. The van der Waals surface area contributed by atoms with Crippen LogP contribution in [0.15, 0.2) is 84.8 Å². The average Bonchev–Trinajstić information content (AvgIpc) is 3.12. The molecule has 1 unspecified atom stereocenters. The van der Waals surface area contributed by atoms with Crippen LogP contribution in [0.3, 0.4) is 0 Å². The van der Waals surface area contributed by atoms with Gasteiger partial charge in [-0.1, -0.05) is 12.1 Å². The first kappa shape index (κ1) is 20.2. The maximum absolute atomic E-state index is 13.1. The van der Waals surface area contributed by atoms with E-state index in [1.807, 2.05) is 48.2 Å². The maximum atomic E-state index is 13.1. The van der Waals surface area contributed by atoms with Crippen molar-refractivity contribution in [2.45, 2.75) is 19.9 Å². The normalized spacial score (nSPS) is 17.3. The summed E-state index contributed by atoms with van der Waals surface area (Å²) in [5, 5.41) is 0. The van der Waals surface area contributed by atoms with Crippen LogP contribution in [0.4, 0.5) is 4.39 Å². The van der Waals surface area contributed by atoms with E-state index in [9.17, 15) is 9.18 Å². The number of aromatic nitrogens is 1. The van der Waals surface area contributed by atoms with Gasteiger partial charge in [0.05, 0.1) is 5.69 Å². The molecule has 0 spiro atoms. The molecule has 0 N–H and O–H groups in total. The van der Waals surface area contributed by atoms with Gasteiger partial charge < -0.3 is 9.64 Å². The molecule has 1 aliphatic carbocycles. The molecule has 160 valence electrons. The van der Waals surface area contributed by atoms with E-state index in [-0.39, 0.29) is 17.6 Å². The van der Waals surface area contributed by atoms with Crippen molar-refractivity contribution in [3.05, 3.63) is 107 Å². The molecule has 2 heterocycles. The van der Waals surface area contributed by atoms with Crippen LogP contribution in [-0.4, -0.2) is 22.3 Å². The Morgan fingerprint density at radius 1 is 1.16 bits per heavy atom. The van der Waals surface area contributed by atoms with Gasteiger partial charge in [0, 0.05) is 30.4 Å². The van der Waals surface area contributed by atoms with Crippen molar-refractivity contribution in [2.75, 3.05) is 6.54 Å². The standard InChI is InChI=1S/C27H23FN2O2/c1-18-14-20(25-4-2-3-13-29-25)15-21-17-30(27(31)26(18)21)16-19-5-9-23(10-6-19)32-24-11-7-22(28)8-12-24/h2-5,7-15,19H,6,16-17H2,1H3. The molecule has 3 aromatic rings. The molecular weight excluding hydrogens is 403 g/mol. The third-order valence-electron chi connectivity index (χ3n) is 5.90. The van der Waals surface area contributed by atoms with Crippen molar-refractivity contribution in [1.82, 2.24) is 9.88 Å². The van der Waals surface area contributed by atoms with Crippen LogP contribution in [-0.2, 0) is 6.54 Å². The number of benzene rings is 2. The van der Waals surface area contributed by atoms with Gasteiger partial charge in [-0.2, -0.15) is 0 Å². The lowest BCUT2D eigenvalue weighted by Gasteiger charge is -2.23. The van der Waals surface area contributed by atoms with Gasteiger partial charge in [-0.05, 0) is 91.1 Å². The van der Waals surface area contributed by atoms with Crippen LogP contribution >= 0.6 is 0 Å². The zero-order valence-corrected chi connectivity index (χ0v) is 17.8. The molecule has 2 aromatic carbocycles. The average molecular weight is 426 g/mol. The molecule has 0 radical (unpaired) electrons. The highest BCUT2D eigenvalue weighted by Crippen LogP contribution is 2.32. The summed E-state index contributed by atoms with van der Waals surface area (Å²) in [6, 6.07) is 16.0. The molecule has 5 heteroatoms. The van der Waals surface area contributed by atoms with Crippen molar-refractivity contribution in [3.8, 4) is 17.0 Å². The Morgan fingerprint density at radius 3 is 2.72 bits per heavy atom. The molecule has 2 aliphatic rings. The minimum Gasteiger partial charge on any atom is -0.458 e. The summed E-state index contributed by atoms with van der Waals surface area (Å²) >= 11 is 0. The summed E-state index contributed by atoms with van der Waals surface area (Å²) in [5.74, 6) is 1.37. The van der Waals surface area contributed by atoms with E-state index < -0.39 is 0 Å². The number of ether oxygens (including phenoxy) is 1. The number of hydrogen-bond donors (Lipinski definition) is 0. The Hall–Kier alpha value is -3.73. The number of hydrogen-bond acceptors (Lipinski definition) is 3. The van der Waals surface area contributed by atoms with Crippen LogP contribution in [0.1, 0.15) is 27.9 Å². The number of carbonyl (C=O) groups excluding carboxylic acids is 1. The van der Waals surface area contributed by atoms with E-state index in [0.717, 1.165) is 40.1 Å². The fourth-order valence-corrected chi connectivity index (χ4v) is 4.33. The second-order valence-electron chi connectivity index (χ2n) is 8.25. The number of carbonyl (C=O) groups is 1. The molecule has 1 aromatic heterocycles. The Balaban J connectivity index is 1.25. The van der Waals surface area contributed by atoms with E-state index >= 15 is 0 Å². The molecule has 4 nitrogen and oxygen atoms in total. The van der Waals surface area contributed by atoms with Gasteiger partial charge in [-0.15, -0.1) is 0 Å². The van der Waals surface area contributed by atoms with E-state index in [2.05, 4.69) is 17.1 Å². The number of halogens is 1. The number of nitrogens with zero attached hydrogens (tertiary/aromatic N) is 2. The van der Waals surface area contributed by atoms with E-state index in [0.29, 0.717) is 18.8 Å². The number of fused-ring (bicyclic) bond motifs is 1. The van der Waals surface area contributed by atoms with Gasteiger partial charge in [0.1, 0.15) is 17.3 Å². The fraction of sp³-hybridized carbons (Fsp3) is 0.185. The van der Waals surface area contributed by atoms with Gasteiger partial charge in [0.2, 0.25) is 0 Å². The summed E-state index contributed by atoms with van der Waals surface area (Å²) in [7, 11) is 0. The highest BCUT2D eigenvalue weighted by Gasteiger charge is 2.31.